The normalized spacial score (nSPS) is 21.3. The highest BCUT2D eigenvalue weighted by molar-refractivity contribution is 5.87. The van der Waals surface area contributed by atoms with Crippen molar-refractivity contribution in [2.24, 2.45) is 0 Å². The molecule has 0 aromatic heterocycles. The second-order valence-corrected chi connectivity index (χ2v) is 11.5. The molecule has 0 saturated heterocycles. The molecule has 0 bridgehead atoms. The predicted octanol–water partition coefficient (Wildman–Crippen LogP) is 9.63. The topological polar surface area (TPSA) is 15.7 Å². The molecule has 0 N–H and O–H groups in total. The predicted molar refractivity (Wildman–Crippen MR) is 163 cm³/mol. The van der Waals surface area contributed by atoms with Gasteiger partial charge in [0.25, 0.3) is 0 Å². The zero-order chi connectivity index (χ0) is 26.2. The van der Waals surface area contributed by atoms with Gasteiger partial charge in [0.15, 0.2) is 0 Å². The molecule has 9 rings (SSSR count). The van der Waals surface area contributed by atoms with Crippen LogP contribution in [-0.2, 0) is 6.61 Å². The minimum absolute atomic E-state index is 0.423. The monoisotopic (exact) mass is 518 g/mol. The number of ether oxygens (including phenoxy) is 1. The van der Waals surface area contributed by atoms with Crippen LogP contribution in [0.5, 0.6) is 5.75 Å². The fraction of sp³-hybridized carbons (Fsp3) is 0.189. The van der Waals surface area contributed by atoms with Crippen molar-refractivity contribution in [3.05, 3.63) is 137 Å². The molecule has 2 atom stereocenters. The molecule has 3 heterocycles. The fourth-order valence-corrected chi connectivity index (χ4v) is 7.61. The van der Waals surface area contributed by atoms with Crippen molar-refractivity contribution in [2.75, 3.05) is 9.80 Å². The molecule has 0 spiro atoms. The van der Waals surface area contributed by atoms with Gasteiger partial charge in [-0.15, -0.1) is 0 Å². The lowest BCUT2D eigenvalue weighted by atomic mass is 9.89. The first kappa shape index (κ1) is 22.3. The van der Waals surface area contributed by atoms with E-state index in [-0.39, 0.29) is 0 Å². The minimum atomic E-state index is 0.423. The van der Waals surface area contributed by atoms with Crippen molar-refractivity contribution in [1.82, 2.24) is 0 Å². The second kappa shape index (κ2) is 8.50. The van der Waals surface area contributed by atoms with E-state index in [1.807, 2.05) is 0 Å². The van der Waals surface area contributed by atoms with Gasteiger partial charge in [-0.1, -0.05) is 60.7 Å². The number of hydrogen-bond acceptors (Lipinski definition) is 3. The molecule has 4 aromatic rings. The molecule has 40 heavy (non-hydrogen) atoms. The first-order valence-corrected chi connectivity index (χ1v) is 14.6. The zero-order valence-electron chi connectivity index (χ0n) is 22.4. The van der Waals surface area contributed by atoms with Crippen molar-refractivity contribution < 1.29 is 4.74 Å². The minimum Gasteiger partial charge on any atom is -0.488 e. The lowest BCUT2D eigenvalue weighted by molar-refractivity contribution is 0.302. The van der Waals surface area contributed by atoms with Crippen molar-refractivity contribution in [3.63, 3.8) is 0 Å². The average Bonchev–Trinajstić information content (AvgIpc) is 3.54. The summed E-state index contributed by atoms with van der Waals surface area (Å²) >= 11 is 0. The molecule has 3 heteroatoms. The average molecular weight is 519 g/mol. The molecule has 0 fully saturated rings. The van der Waals surface area contributed by atoms with E-state index < -0.39 is 0 Å². The van der Waals surface area contributed by atoms with Crippen LogP contribution in [0.4, 0.5) is 22.7 Å². The Morgan fingerprint density at radius 2 is 1.43 bits per heavy atom. The van der Waals surface area contributed by atoms with Crippen LogP contribution in [0.2, 0.25) is 0 Å². The maximum Gasteiger partial charge on any atom is 0.127 e. The van der Waals surface area contributed by atoms with Crippen LogP contribution in [0, 0.1) is 0 Å². The lowest BCUT2D eigenvalue weighted by Crippen LogP contribution is -2.17. The molecular formula is C37H30N2O. The summed E-state index contributed by atoms with van der Waals surface area (Å²) in [6.45, 7) is 0.604. The van der Waals surface area contributed by atoms with Crippen LogP contribution in [0.25, 0.3) is 11.1 Å². The highest BCUT2D eigenvalue weighted by atomic mass is 16.5. The fourth-order valence-electron chi connectivity index (χ4n) is 7.61. The van der Waals surface area contributed by atoms with Gasteiger partial charge in [-0.05, 0) is 96.5 Å². The Hall–Kier alpha value is -4.50. The Morgan fingerprint density at radius 1 is 0.700 bits per heavy atom. The van der Waals surface area contributed by atoms with Crippen molar-refractivity contribution in [1.29, 1.82) is 0 Å². The molecule has 4 aromatic carbocycles. The SMILES string of the molecule is C1=CCC2C(=C1)N(c1ccc3c(c1)-c1cc(N4C5=CCCCC5c5ccccc54)ccc1OC3)c1ccccc12. The molecule has 194 valence electrons. The molecule has 5 aliphatic rings. The third-order valence-corrected chi connectivity index (χ3v) is 9.41. The summed E-state index contributed by atoms with van der Waals surface area (Å²) in [5, 5.41) is 0. The van der Waals surface area contributed by atoms with E-state index in [0.717, 1.165) is 18.6 Å². The van der Waals surface area contributed by atoms with Crippen LogP contribution in [0.15, 0.2) is 121 Å². The van der Waals surface area contributed by atoms with E-state index in [4.69, 9.17) is 4.74 Å². The van der Waals surface area contributed by atoms with Gasteiger partial charge in [0.1, 0.15) is 12.4 Å². The summed E-state index contributed by atoms with van der Waals surface area (Å²) in [6.07, 6.45) is 13.9. The van der Waals surface area contributed by atoms with Crippen LogP contribution in [-0.4, -0.2) is 0 Å². The Morgan fingerprint density at radius 3 is 2.27 bits per heavy atom. The number of anilines is 4. The van der Waals surface area contributed by atoms with E-state index in [1.54, 1.807) is 0 Å². The van der Waals surface area contributed by atoms with E-state index in [2.05, 4.69) is 119 Å². The number of hydrogen-bond donors (Lipinski definition) is 0. The maximum absolute atomic E-state index is 6.28. The number of allylic oxidation sites excluding steroid dienone is 6. The van der Waals surface area contributed by atoms with Gasteiger partial charge in [-0.3, -0.25) is 0 Å². The Bertz CT molecular complexity index is 1790. The van der Waals surface area contributed by atoms with Crippen molar-refractivity contribution in [3.8, 4) is 16.9 Å². The molecule has 2 unspecified atom stereocenters. The van der Waals surface area contributed by atoms with Crippen molar-refractivity contribution in [2.45, 2.75) is 44.1 Å². The number of para-hydroxylation sites is 2. The Labute approximate surface area is 235 Å². The number of benzene rings is 4. The Kier molecular flexibility index (Phi) is 4.74. The largest absolute Gasteiger partial charge is 0.488 e. The van der Waals surface area contributed by atoms with Gasteiger partial charge >= 0.3 is 0 Å². The van der Waals surface area contributed by atoms with Crippen LogP contribution >= 0.6 is 0 Å². The number of rotatable bonds is 2. The summed E-state index contributed by atoms with van der Waals surface area (Å²) < 4.78 is 6.28. The van der Waals surface area contributed by atoms with E-state index in [0.29, 0.717) is 18.4 Å². The first-order chi connectivity index (χ1) is 19.8. The van der Waals surface area contributed by atoms with Gasteiger partial charge in [0.2, 0.25) is 0 Å². The highest BCUT2D eigenvalue weighted by Gasteiger charge is 2.37. The molecule has 3 nitrogen and oxygen atoms in total. The van der Waals surface area contributed by atoms with E-state index >= 15 is 0 Å². The summed E-state index contributed by atoms with van der Waals surface area (Å²) in [6, 6.07) is 31.5. The van der Waals surface area contributed by atoms with Crippen LogP contribution in [0.3, 0.4) is 0 Å². The zero-order valence-corrected chi connectivity index (χ0v) is 22.4. The molecule has 0 saturated carbocycles. The molecule has 0 radical (unpaired) electrons. The van der Waals surface area contributed by atoms with Gasteiger partial charge in [-0.25, -0.2) is 0 Å². The van der Waals surface area contributed by atoms with Crippen molar-refractivity contribution >= 4 is 22.7 Å². The highest BCUT2D eigenvalue weighted by Crippen LogP contribution is 2.54. The molecule has 3 aliphatic heterocycles. The smallest absolute Gasteiger partial charge is 0.127 e. The third kappa shape index (κ3) is 3.12. The van der Waals surface area contributed by atoms with E-state index in [1.165, 1.54) is 74.8 Å². The summed E-state index contributed by atoms with van der Waals surface area (Å²) in [5.41, 5.74) is 14.4. The summed E-state index contributed by atoms with van der Waals surface area (Å²) in [4.78, 5) is 4.97. The number of nitrogens with zero attached hydrogens (tertiary/aromatic N) is 2. The van der Waals surface area contributed by atoms with Crippen LogP contribution in [0.1, 0.15) is 54.2 Å². The third-order valence-electron chi connectivity index (χ3n) is 9.41. The first-order valence-electron chi connectivity index (χ1n) is 14.6. The van der Waals surface area contributed by atoms with Gasteiger partial charge in [0, 0.05) is 51.5 Å². The Balaban J connectivity index is 1.18. The summed E-state index contributed by atoms with van der Waals surface area (Å²) in [5.74, 6) is 1.89. The second-order valence-electron chi connectivity index (χ2n) is 11.5. The van der Waals surface area contributed by atoms with Crippen LogP contribution < -0.4 is 14.5 Å². The number of fused-ring (bicyclic) bond motifs is 9. The quantitative estimate of drug-likeness (QED) is 0.263. The van der Waals surface area contributed by atoms with E-state index in [9.17, 15) is 0 Å². The molecule has 2 aliphatic carbocycles. The molecular weight excluding hydrogens is 488 g/mol. The maximum atomic E-state index is 6.28. The standard InChI is InChI=1S/C37H30N2O/c1-5-13-33-27(9-1)28-10-2-6-14-34(28)38(33)25-18-17-24-23-40-37-20-19-26(22-32(37)31(24)21-25)39-35-15-7-3-11-29(35)30-12-4-8-16-36(30)39/h1-3,5-7,9,11,13-22,28,30H,4,8,10,12,23H2. The van der Waals surface area contributed by atoms with Gasteiger partial charge < -0.3 is 14.5 Å². The molecule has 0 amide bonds. The van der Waals surface area contributed by atoms with Gasteiger partial charge in [-0.2, -0.15) is 0 Å². The lowest BCUT2D eigenvalue weighted by Gasteiger charge is -2.29. The van der Waals surface area contributed by atoms with Gasteiger partial charge in [0.05, 0.1) is 0 Å². The summed E-state index contributed by atoms with van der Waals surface area (Å²) in [7, 11) is 0.